The lowest BCUT2D eigenvalue weighted by Gasteiger charge is -2.13. The first kappa shape index (κ1) is 17.0. The van der Waals surface area contributed by atoms with E-state index < -0.39 is 11.6 Å². The van der Waals surface area contributed by atoms with Crippen LogP contribution in [0.4, 0.5) is 14.5 Å². The molecule has 1 amide bonds. The molecule has 6 heteroatoms. The van der Waals surface area contributed by atoms with E-state index in [1.807, 2.05) is 24.3 Å². The average Bonchev–Trinajstić information content (AvgIpc) is 2.49. The van der Waals surface area contributed by atoms with Crippen molar-refractivity contribution >= 4 is 39.3 Å². The quantitative estimate of drug-likeness (QED) is 0.785. The van der Waals surface area contributed by atoms with E-state index in [4.69, 9.17) is 0 Å². The zero-order valence-corrected chi connectivity index (χ0v) is 14.2. The van der Waals surface area contributed by atoms with Crippen LogP contribution < -0.4 is 5.32 Å². The highest BCUT2D eigenvalue weighted by atomic mass is 79.9. The Morgan fingerprint density at radius 2 is 2.00 bits per heavy atom. The number of benzene rings is 2. The van der Waals surface area contributed by atoms with Gasteiger partial charge in [-0.1, -0.05) is 34.1 Å². The predicted octanol–water partition coefficient (Wildman–Crippen LogP) is 4.99. The van der Waals surface area contributed by atoms with Gasteiger partial charge >= 0.3 is 0 Å². The van der Waals surface area contributed by atoms with Crippen molar-refractivity contribution < 1.29 is 13.6 Å². The molecule has 1 N–H and O–H groups in total. The molecule has 0 saturated heterocycles. The highest BCUT2D eigenvalue weighted by molar-refractivity contribution is 9.10. The van der Waals surface area contributed by atoms with Crippen LogP contribution in [0.2, 0.25) is 0 Å². The van der Waals surface area contributed by atoms with E-state index in [-0.39, 0.29) is 16.8 Å². The van der Waals surface area contributed by atoms with Gasteiger partial charge < -0.3 is 5.32 Å². The second-order valence-electron chi connectivity index (χ2n) is 4.66. The molecule has 2 aromatic rings. The number of amides is 1. The molecule has 0 radical (unpaired) electrons. The lowest BCUT2D eigenvalue weighted by atomic mass is 10.2. The Kier molecular flexibility index (Phi) is 5.97. The summed E-state index contributed by atoms with van der Waals surface area (Å²) >= 11 is 4.90. The largest absolute Gasteiger partial charge is 0.323 e. The number of anilines is 1. The topological polar surface area (TPSA) is 29.1 Å². The fourth-order valence-electron chi connectivity index (χ4n) is 1.73. The van der Waals surface area contributed by atoms with Gasteiger partial charge in [-0.2, -0.15) is 0 Å². The van der Waals surface area contributed by atoms with E-state index >= 15 is 0 Å². The Labute approximate surface area is 140 Å². The molecular formula is C16H14BrF2NOS. The molecule has 0 unspecified atom stereocenters. The number of thioether (sulfide) groups is 1. The number of hydrogen-bond acceptors (Lipinski definition) is 2. The Bertz CT molecular complexity index is 681. The number of nitrogens with one attached hydrogen (secondary N) is 1. The second kappa shape index (κ2) is 7.74. The van der Waals surface area contributed by atoms with Gasteiger partial charge in [0.05, 0.1) is 10.9 Å². The van der Waals surface area contributed by atoms with E-state index in [9.17, 15) is 13.6 Å². The molecular weight excluding hydrogens is 372 g/mol. The molecule has 0 aromatic heterocycles. The van der Waals surface area contributed by atoms with Crippen molar-refractivity contribution in [1.82, 2.24) is 0 Å². The van der Waals surface area contributed by atoms with Crippen LogP contribution in [0.5, 0.6) is 0 Å². The summed E-state index contributed by atoms with van der Waals surface area (Å²) < 4.78 is 27.3. The van der Waals surface area contributed by atoms with Crippen LogP contribution in [0.3, 0.4) is 0 Å². The van der Waals surface area contributed by atoms with Crippen LogP contribution in [0, 0.1) is 11.6 Å². The number of carbonyl (C=O) groups excluding carboxylic acids is 1. The molecule has 2 aromatic carbocycles. The van der Waals surface area contributed by atoms with Gasteiger partial charge in [-0.25, -0.2) is 8.78 Å². The van der Waals surface area contributed by atoms with Gasteiger partial charge in [0, 0.05) is 16.3 Å². The Morgan fingerprint density at radius 3 is 2.68 bits per heavy atom. The Balaban J connectivity index is 1.93. The molecule has 0 bridgehead atoms. The third-order valence-electron chi connectivity index (χ3n) is 3.00. The van der Waals surface area contributed by atoms with Crippen molar-refractivity contribution in [2.45, 2.75) is 17.9 Å². The van der Waals surface area contributed by atoms with Gasteiger partial charge in [0.1, 0.15) is 11.6 Å². The summed E-state index contributed by atoms with van der Waals surface area (Å²) in [6, 6.07) is 10.8. The summed E-state index contributed by atoms with van der Waals surface area (Å²) in [6.07, 6.45) is 0. The van der Waals surface area contributed by atoms with Gasteiger partial charge in [-0.15, -0.1) is 11.8 Å². The summed E-state index contributed by atoms with van der Waals surface area (Å²) in [5, 5.41) is 2.11. The standard InChI is InChI=1S/C16H14BrF2NOS/c1-10(22-9-11-4-2-3-5-13(11)17)16(21)20-15-7-6-12(18)8-14(15)19/h2-8,10H,9H2,1H3,(H,20,21)/t10-/m0/s1. The molecule has 0 spiro atoms. The van der Waals surface area contributed by atoms with E-state index in [0.717, 1.165) is 22.2 Å². The molecule has 0 saturated carbocycles. The smallest absolute Gasteiger partial charge is 0.237 e. The molecule has 0 aliphatic rings. The Hall–Kier alpha value is -1.40. The summed E-state index contributed by atoms with van der Waals surface area (Å²) in [5.74, 6) is -1.12. The lowest BCUT2D eigenvalue weighted by Crippen LogP contribution is -2.23. The summed E-state index contributed by atoms with van der Waals surface area (Å²) in [5.41, 5.74) is 1.07. The fraction of sp³-hybridized carbons (Fsp3) is 0.188. The van der Waals surface area contributed by atoms with Gasteiger partial charge in [0.25, 0.3) is 0 Å². The average molecular weight is 386 g/mol. The minimum absolute atomic E-state index is 0.0141. The van der Waals surface area contributed by atoms with E-state index in [1.165, 1.54) is 17.8 Å². The number of carbonyl (C=O) groups is 1. The van der Waals surface area contributed by atoms with Crippen molar-refractivity contribution in [2.75, 3.05) is 5.32 Å². The fourth-order valence-corrected chi connectivity index (χ4v) is 3.23. The minimum atomic E-state index is -0.781. The first-order chi connectivity index (χ1) is 10.5. The number of rotatable bonds is 5. The maximum atomic E-state index is 13.5. The molecule has 2 rings (SSSR count). The molecule has 0 heterocycles. The monoisotopic (exact) mass is 385 g/mol. The normalized spacial score (nSPS) is 12.0. The van der Waals surface area contributed by atoms with Gasteiger partial charge in [-0.3, -0.25) is 4.79 Å². The molecule has 1 atom stereocenters. The maximum Gasteiger partial charge on any atom is 0.237 e. The van der Waals surface area contributed by atoms with E-state index in [1.54, 1.807) is 6.92 Å². The number of halogens is 3. The van der Waals surface area contributed by atoms with Crippen LogP contribution in [0.15, 0.2) is 46.9 Å². The molecule has 0 aliphatic carbocycles. The van der Waals surface area contributed by atoms with Crippen LogP contribution in [-0.2, 0) is 10.5 Å². The number of hydrogen-bond donors (Lipinski definition) is 1. The highest BCUT2D eigenvalue weighted by Crippen LogP contribution is 2.25. The van der Waals surface area contributed by atoms with E-state index in [2.05, 4.69) is 21.2 Å². The maximum absolute atomic E-state index is 13.5. The van der Waals surface area contributed by atoms with Crippen LogP contribution in [0.25, 0.3) is 0 Å². The van der Waals surface area contributed by atoms with Crippen molar-refractivity contribution in [1.29, 1.82) is 0 Å². The summed E-state index contributed by atoms with van der Waals surface area (Å²) in [6.45, 7) is 1.75. The molecule has 0 fully saturated rings. The first-order valence-electron chi connectivity index (χ1n) is 6.58. The highest BCUT2D eigenvalue weighted by Gasteiger charge is 2.16. The van der Waals surface area contributed by atoms with Gasteiger partial charge in [0.2, 0.25) is 5.91 Å². The van der Waals surface area contributed by atoms with Crippen LogP contribution in [0.1, 0.15) is 12.5 Å². The zero-order chi connectivity index (χ0) is 16.1. The van der Waals surface area contributed by atoms with Crippen molar-refractivity contribution in [3.8, 4) is 0 Å². The SMILES string of the molecule is C[C@H](SCc1ccccc1Br)C(=O)Nc1ccc(F)cc1F. The van der Waals surface area contributed by atoms with E-state index in [0.29, 0.717) is 5.75 Å². The summed E-state index contributed by atoms with van der Waals surface area (Å²) in [7, 11) is 0. The summed E-state index contributed by atoms with van der Waals surface area (Å²) in [4.78, 5) is 12.1. The third-order valence-corrected chi connectivity index (χ3v) is 4.97. The van der Waals surface area contributed by atoms with Crippen molar-refractivity contribution in [2.24, 2.45) is 0 Å². The van der Waals surface area contributed by atoms with Crippen LogP contribution in [-0.4, -0.2) is 11.2 Å². The Morgan fingerprint density at radius 1 is 1.27 bits per heavy atom. The molecule has 0 aliphatic heterocycles. The van der Waals surface area contributed by atoms with Gasteiger partial charge in [-0.05, 0) is 30.7 Å². The van der Waals surface area contributed by atoms with Crippen LogP contribution >= 0.6 is 27.7 Å². The zero-order valence-electron chi connectivity index (χ0n) is 11.8. The third kappa shape index (κ3) is 4.55. The van der Waals surface area contributed by atoms with Crippen molar-refractivity contribution in [3.05, 3.63) is 64.1 Å². The lowest BCUT2D eigenvalue weighted by molar-refractivity contribution is -0.115. The predicted molar refractivity (Wildman–Crippen MR) is 89.9 cm³/mol. The second-order valence-corrected chi connectivity index (χ2v) is 6.84. The van der Waals surface area contributed by atoms with Gasteiger partial charge in [0.15, 0.2) is 0 Å². The molecule has 2 nitrogen and oxygen atoms in total. The first-order valence-corrected chi connectivity index (χ1v) is 8.42. The molecule has 116 valence electrons. The van der Waals surface area contributed by atoms with Crippen molar-refractivity contribution in [3.63, 3.8) is 0 Å². The minimum Gasteiger partial charge on any atom is -0.323 e. The molecule has 22 heavy (non-hydrogen) atoms.